The first-order valence-corrected chi connectivity index (χ1v) is 6.39. The minimum atomic E-state index is -0.487. The largest absolute Gasteiger partial charge is 0.462 e. The molecule has 1 aliphatic rings. The number of carbonyl (C=O) groups excluding carboxylic acids is 1. The molecule has 0 aliphatic carbocycles. The van der Waals surface area contributed by atoms with Crippen molar-refractivity contribution in [3.8, 4) is 0 Å². The summed E-state index contributed by atoms with van der Waals surface area (Å²) in [5, 5.41) is 10.8. The molecule has 0 bridgehead atoms. The molecule has 1 N–H and O–H groups in total. The number of unbranched alkanes of at least 4 members (excludes halogenated alkanes) is 2. The maximum atomic E-state index is 11.0. The molecule has 3 nitrogen and oxygen atoms in total. The summed E-state index contributed by atoms with van der Waals surface area (Å²) >= 11 is 3.36. The molecule has 2 atom stereocenters. The number of esters is 1. The van der Waals surface area contributed by atoms with Crippen molar-refractivity contribution in [2.75, 3.05) is 11.9 Å². The van der Waals surface area contributed by atoms with Crippen LogP contribution in [0.3, 0.4) is 0 Å². The highest BCUT2D eigenvalue weighted by Gasteiger charge is 2.33. The van der Waals surface area contributed by atoms with Crippen LogP contribution in [0.5, 0.6) is 0 Å². The Kier molecular flexibility index (Phi) is 5.32. The second-order valence-electron chi connectivity index (χ2n) is 3.84. The van der Waals surface area contributed by atoms with Crippen molar-refractivity contribution in [2.45, 2.75) is 31.8 Å². The molecule has 1 rings (SSSR count). The van der Waals surface area contributed by atoms with Crippen LogP contribution in [-0.4, -0.2) is 29.1 Å². The Bertz CT molecular complexity index is 240. The van der Waals surface area contributed by atoms with Crippen LogP contribution < -0.4 is 0 Å². The summed E-state index contributed by atoms with van der Waals surface area (Å²) in [4.78, 5) is 11.0. The van der Waals surface area contributed by atoms with Gasteiger partial charge in [-0.1, -0.05) is 35.4 Å². The van der Waals surface area contributed by atoms with Gasteiger partial charge in [-0.3, -0.25) is 0 Å². The maximum Gasteiger partial charge on any atom is 0.333 e. The van der Waals surface area contributed by atoms with Gasteiger partial charge in [0.1, 0.15) is 6.61 Å². The fraction of sp³-hybridized carbons (Fsp3) is 0.727. The summed E-state index contributed by atoms with van der Waals surface area (Å²) in [5.41, 5.74) is 0.419. The molecule has 4 heteroatoms. The summed E-state index contributed by atoms with van der Waals surface area (Å²) < 4.78 is 4.82. The van der Waals surface area contributed by atoms with Crippen molar-refractivity contribution in [3.05, 3.63) is 12.2 Å². The molecule has 2 unspecified atom stereocenters. The number of cyclic esters (lactones) is 1. The van der Waals surface area contributed by atoms with E-state index in [4.69, 9.17) is 4.74 Å². The Hall–Kier alpha value is -0.350. The Morgan fingerprint density at radius 1 is 1.53 bits per heavy atom. The third-order valence-corrected chi connectivity index (χ3v) is 3.26. The quantitative estimate of drug-likeness (QED) is 0.350. The van der Waals surface area contributed by atoms with E-state index >= 15 is 0 Å². The molecule has 1 saturated heterocycles. The first kappa shape index (κ1) is 12.7. The first-order chi connectivity index (χ1) is 7.16. The highest BCUT2D eigenvalue weighted by Crippen LogP contribution is 2.25. The van der Waals surface area contributed by atoms with E-state index in [-0.39, 0.29) is 18.5 Å². The average Bonchev–Trinajstić information content (AvgIpc) is 2.55. The zero-order valence-electron chi connectivity index (χ0n) is 8.75. The number of hydrogen-bond acceptors (Lipinski definition) is 3. The van der Waals surface area contributed by atoms with Crippen LogP contribution in [0.4, 0.5) is 0 Å². The lowest BCUT2D eigenvalue weighted by Crippen LogP contribution is -2.22. The number of aliphatic hydroxyl groups excluding tert-OH is 1. The third kappa shape index (κ3) is 3.61. The molecule has 0 radical (unpaired) electrons. The molecule has 1 aliphatic heterocycles. The van der Waals surface area contributed by atoms with E-state index < -0.39 is 6.10 Å². The number of carbonyl (C=O) groups is 1. The minimum absolute atomic E-state index is 0.193. The number of aliphatic hydroxyl groups is 1. The van der Waals surface area contributed by atoms with E-state index in [1.807, 2.05) is 0 Å². The topological polar surface area (TPSA) is 46.5 Å². The lowest BCUT2D eigenvalue weighted by molar-refractivity contribution is -0.135. The fourth-order valence-electron chi connectivity index (χ4n) is 1.68. The molecule has 0 saturated carbocycles. The Balaban J connectivity index is 2.25. The molecule has 86 valence electrons. The summed E-state index contributed by atoms with van der Waals surface area (Å²) in [5.74, 6) is -0.555. The highest BCUT2D eigenvalue weighted by atomic mass is 79.9. The van der Waals surface area contributed by atoms with Crippen molar-refractivity contribution < 1.29 is 14.6 Å². The summed E-state index contributed by atoms with van der Waals surface area (Å²) in [6, 6.07) is 0. The molecule has 0 spiro atoms. The number of alkyl halides is 1. The monoisotopic (exact) mass is 276 g/mol. The zero-order valence-corrected chi connectivity index (χ0v) is 10.3. The van der Waals surface area contributed by atoms with E-state index in [1.165, 1.54) is 0 Å². The second kappa shape index (κ2) is 6.28. The highest BCUT2D eigenvalue weighted by molar-refractivity contribution is 9.09. The van der Waals surface area contributed by atoms with Gasteiger partial charge in [-0.15, -0.1) is 0 Å². The average molecular weight is 277 g/mol. The van der Waals surface area contributed by atoms with E-state index in [0.29, 0.717) is 12.0 Å². The van der Waals surface area contributed by atoms with Crippen LogP contribution in [0.15, 0.2) is 12.2 Å². The van der Waals surface area contributed by atoms with Gasteiger partial charge in [0, 0.05) is 10.9 Å². The Labute approximate surface area is 98.6 Å². The van der Waals surface area contributed by atoms with Crippen molar-refractivity contribution in [1.82, 2.24) is 0 Å². The summed E-state index contributed by atoms with van der Waals surface area (Å²) in [7, 11) is 0. The lowest BCUT2D eigenvalue weighted by Gasteiger charge is -2.15. The lowest BCUT2D eigenvalue weighted by atomic mass is 9.93. The van der Waals surface area contributed by atoms with Gasteiger partial charge in [0.15, 0.2) is 0 Å². The van der Waals surface area contributed by atoms with E-state index in [2.05, 4.69) is 22.5 Å². The summed E-state index contributed by atoms with van der Waals surface area (Å²) in [6.45, 7) is 3.93. The van der Waals surface area contributed by atoms with Crippen LogP contribution >= 0.6 is 15.9 Å². The van der Waals surface area contributed by atoms with Crippen LogP contribution in [-0.2, 0) is 9.53 Å². The van der Waals surface area contributed by atoms with Gasteiger partial charge in [-0.05, 0) is 12.8 Å². The van der Waals surface area contributed by atoms with Crippen LogP contribution in [0, 0.1) is 5.92 Å². The maximum absolute atomic E-state index is 11.0. The predicted molar refractivity (Wildman–Crippen MR) is 61.9 cm³/mol. The number of hydrogen-bond donors (Lipinski definition) is 1. The van der Waals surface area contributed by atoms with Gasteiger partial charge in [0.05, 0.1) is 12.0 Å². The molecular weight excluding hydrogens is 260 g/mol. The molecule has 0 aromatic heterocycles. The predicted octanol–water partition coefficient (Wildman–Crippen LogP) is 2.03. The molecule has 0 aromatic carbocycles. The van der Waals surface area contributed by atoms with Gasteiger partial charge in [-0.2, -0.15) is 0 Å². The SMILES string of the molecule is C=C1C(=O)OCC1C(O)CCCCCBr. The molecule has 15 heavy (non-hydrogen) atoms. The Morgan fingerprint density at radius 2 is 2.27 bits per heavy atom. The minimum Gasteiger partial charge on any atom is -0.462 e. The molecule has 0 amide bonds. The number of halogens is 1. The normalized spacial score (nSPS) is 22.9. The molecule has 1 heterocycles. The number of rotatable bonds is 6. The zero-order chi connectivity index (χ0) is 11.3. The fourth-order valence-corrected chi connectivity index (χ4v) is 2.08. The third-order valence-electron chi connectivity index (χ3n) is 2.70. The van der Waals surface area contributed by atoms with E-state index in [9.17, 15) is 9.90 Å². The van der Waals surface area contributed by atoms with Crippen molar-refractivity contribution in [2.24, 2.45) is 5.92 Å². The first-order valence-electron chi connectivity index (χ1n) is 5.26. The summed E-state index contributed by atoms with van der Waals surface area (Å²) in [6.07, 6.45) is 3.42. The van der Waals surface area contributed by atoms with Gasteiger partial charge in [-0.25, -0.2) is 4.79 Å². The number of ether oxygens (including phenoxy) is 1. The van der Waals surface area contributed by atoms with Crippen molar-refractivity contribution in [3.63, 3.8) is 0 Å². The second-order valence-corrected chi connectivity index (χ2v) is 4.63. The van der Waals surface area contributed by atoms with Gasteiger partial charge < -0.3 is 9.84 Å². The van der Waals surface area contributed by atoms with E-state index in [1.54, 1.807) is 0 Å². The van der Waals surface area contributed by atoms with Crippen molar-refractivity contribution >= 4 is 21.9 Å². The van der Waals surface area contributed by atoms with Gasteiger partial charge in [0.2, 0.25) is 0 Å². The van der Waals surface area contributed by atoms with Crippen LogP contribution in [0.2, 0.25) is 0 Å². The van der Waals surface area contributed by atoms with Crippen LogP contribution in [0.1, 0.15) is 25.7 Å². The Morgan fingerprint density at radius 3 is 2.80 bits per heavy atom. The van der Waals surface area contributed by atoms with Gasteiger partial charge >= 0.3 is 5.97 Å². The van der Waals surface area contributed by atoms with Crippen LogP contribution in [0.25, 0.3) is 0 Å². The molecular formula is C11H17BrO3. The van der Waals surface area contributed by atoms with Crippen molar-refractivity contribution in [1.29, 1.82) is 0 Å². The standard InChI is InChI=1S/C11H17BrO3/c1-8-9(7-15-11(8)14)10(13)5-3-2-4-6-12/h9-10,13H,1-7H2. The molecule has 1 fully saturated rings. The van der Waals surface area contributed by atoms with E-state index in [0.717, 1.165) is 24.6 Å². The smallest absolute Gasteiger partial charge is 0.333 e. The molecule has 0 aromatic rings. The van der Waals surface area contributed by atoms with Gasteiger partial charge in [0.25, 0.3) is 0 Å².